The fraction of sp³-hybridized carbons (Fsp3) is 0.458. The monoisotopic (exact) mass is 502 g/mol. The normalized spacial score (nSPS) is 25.5. The van der Waals surface area contributed by atoms with E-state index in [1.54, 1.807) is 13.8 Å². The molecule has 192 valence electrons. The highest BCUT2D eigenvalue weighted by Crippen LogP contribution is 2.55. The van der Waals surface area contributed by atoms with Gasteiger partial charge in [-0.05, 0) is 44.5 Å². The van der Waals surface area contributed by atoms with Gasteiger partial charge in [-0.2, -0.15) is 17.6 Å². The summed E-state index contributed by atoms with van der Waals surface area (Å²) >= 11 is 0. The Bertz CT molecular complexity index is 1090. The summed E-state index contributed by atoms with van der Waals surface area (Å²) in [4.78, 5) is 13.2. The number of nitrogens with two attached hydrogens (primary N) is 1. The Morgan fingerprint density at radius 1 is 1.23 bits per heavy atom. The van der Waals surface area contributed by atoms with Crippen LogP contribution in [0, 0.1) is 17.6 Å². The Labute approximate surface area is 199 Å². The zero-order valence-corrected chi connectivity index (χ0v) is 19.5. The maximum atomic E-state index is 14.7. The van der Waals surface area contributed by atoms with Crippen molar-refractivity contribution in [1.29, 1.82) is 0 Å². The highest BCUT2D eigenvalue weighted by molar-refractivity contribution is 5.95. The predicted molar refractivity (Wildman–Crippen MR) is 118 cm³/mol. The van der Waals surface area contributed by atoms with Crippen molar-refractivity contribution >= 4 is 11.6 Å². The van der Waals surface area contributed by atoms with Crippen molar-refractivity contribution in [3.8, 4) is 5.75 Å². The van der Waals surface area contributed by atoms with Gasteiger partial charge in [-0.3, -0.25) is 4.79 Å². The van der Waals surface area contributed by atoms with Crippen LogP contribution in [0.3, 0.4) is 0 Å². The van der Waals surface area contributed by atoms with Crippen LogP contribution in [0.25, 0.3) is 0 Å². The summed E-state index contributed by atoms with van der Waals surface area (Å²) in [6, 6.07) is 7.66. The van der Waals surface area contributed by atoms with Crippen LogP contribution >= 0.6 is 0 Å². The number of halogens is 5. The second kappa shape index (κ2) is 9.71. The molecule has 2 aromatic rings. The SMILES string of the molecule is CC(C)Oc1c([C@H]2[C@H](C(=O)Nc3cccc(C(N)O)c3)O[C@@](C)(C(F)(F)F)[C@H]2C)ccc(F)c1F. The number of amides is 1. The van der Waals surface area contributed by atoms with E-state index in [4.69, 9.17) is 15.2 Å². The van der Waals surface area contributed by atoms with Crippen molar-refractivity contribution < 1.29 is 41.3 Å². The van der Waals surface area contributed by atoms with Crippen molar-refractivity contribution in [1.82, 2.24) is 0 Å². The van der Waals surface area contributed by atoms with Crippen LogP contribution in [0.5, 0.6) is 5.75 Å². The van der Waals surface area contributed by atoms with Gasteiger partial charge >= 0.3 is 6.18 Å². The number of rotatable bonds is 6. The zero-order valence-electron chi connectivity index (χ0n) is 19.5. The number of hydrogen-bond acceptors (Lipinski definition) is 5. The summed E-state index contributed by atoms with van der Waals surface area (Å²) < 4.78 is 81.8. The lowest BCUT2D eigenvalue weighted by atomic mass is 9.77. The first-order chi connectivity index (χ1) is 16.2. The summed E-state index contributed by atoms with van der Waals surface area (Å²) in [5, 5.41) is 12.0. The maximum absolute atomic E-state index is 14.7. The van der Waals surface area contributed by atoms with E-state index in [1.807, 2.05) is 0 Å². The van der Waals surface area contributed by atoms with E-state index in [2.05, 4.69) is 5.32 Å². The number of carbonyl (C=O) groups is 1. The van der Waals surface area contributed by atoms with Crippen LogP contribution in [0.4, 0.5) is 27.6 Å². The van der Waals surface area contributed by atoms with Crippen LogP contribution in [0.1, 0.15) is 51.0 Å². The fourth-order valence-corrected chi connectivity index (χ4v) is 4.20. The number of alkyl halides is 3. The first-order valence-electron chi connectivity index (χ1n) is 10.9. The largest absolute Gasteiger partial charge is 0.488 e. The molecule has 1 fully saturated rings. The molecule has 1 saturated heterocycles. The van der Waals surface area contributed by atoms with Crippen molar-refractivity contribution in [2.24, 2.45) is 11.7 Å². The highest BCUT2D eigenvalue weighted by Gasteiger charge is 2.66. The Hall–Kier alpha value is -2.76. The molecule has 0 aromatic heterocycles. The number of benzene rings is 2. The molecule has 1 unspecified atom stereocenters. The summed E-state index contributed by atoms with van der Waals surface area (Å²) in [6.07, 6.45) is -8.58. The summed E-state index contributed by atoms with van der Waals surface area (Å²) in [6.45, 7) is 5.14. The topological polar surface area (TPSA) is 93.8 Å². The van der Waals surface area contributed by atoms with Crippen LogP contribution < -0.4 is 15.8 Å². The van der Waals surface area contributed by atoms with Crippen LogP contribution in [-0.4, -0.2) is 35.0 Å². The third-order valence-electron chi connectivity index (χ3n) is 6.22. The van der Waals surface area contributed by atoms with Gasteiger partial charge in [-0.1, -0.05) is 25.1 Å². The average Bonchev–Trinajstić information content (AvgIpc) is 3.04. The lowest BCUT2D eigenvalue weighted by molar-refractivity contribution is -0.272. The number of carbonyl (C=O) groups excluding carboxylic acids is 1. The zero-order chi connectivity index (χ0) is 26.3. The summed E-state index contributed by atoms with van der Waals surface area (Å²) in [5.74, 6) is -6.85. The second-order valence-corrected chi connectivity index (χ2v) is 8.96. The highest BCUT2D eigenvalue weighted by atomic mass is 19.4. The van der Waals surface area contributed by atoms with Crippen molar-refractivity contribution in [3.05, 3.63) is 59.2 Å². The molecule has 0 spiro atoms. The van der Waals surface area contributed by atoms with E-state index >= 15 is 0 Å². The lowest BCUT2D eigenvalue weighted by Crippen LogP contribution is -2.47. The lowest BCUT2D eigenvalue weighted by Gasteiger charge is -2.32. The molecule has 0 bridgehead atoms. The molecule has 2 aromatic carbocycles. The minimum Gasteiger partial charge on any atom is -0.488 e. The molecule has 3 rings (SSSR count). The Morgan fingerprint density at radius 3 is 2.46 bits per heavy atom. The number of aliphatic hydroxyl groups excluding tert-OH is 1. The predicted octanol–water partition coefficient (Wildman–Crippen LogP) is 4.78. The van der Waals surface area contributed by atoms with Gasteiger partial charge in [0, 0.05) is 23.1 Å². The van der Waals surface area contributed by atoms with Crippen LogP contribution in [0.15, 0.2) is 36.4 Å². The number of nitrogens with one attached hydrogen (secondary N) is 1. The molecular formula is C24H27F5N2O4. The molecule has 1 amide bonds. The van der Waals surface area contributed by atoms with Gasteiger partial charge in [-0.15, -0.1) is 0 Å². The van der Waals surface area contributed by atoms with Crippen LogP contribution in [0.2, 0.25) is 0 Å². The van der Waals surface area contributed by atoms with Crippen molar-refractivity contribution in [2.75, 3.05) is 5.32 Å². The number of hydrogen-bond donors (Lipinski definition) is 3. The van der Waals surface area contributed by atoms with E-state index in [-0.39, 0.29) is 16.8 Å². The van der Waals surface area contributed by atoms with Gasteiger partial charge in [0.15, 0.2) is 17.2 Å². The Kier molecular flexibility index (Phi) is 7.45. The summed E-state index contributed by atoms with van der Waals surface area (Å²) in [7, 11) is 0. The van der Waals surface area contributed by atoms with E-state index in [0.29, 0.717) is 0 Å². The molecular weight excluding hydrogens is 475 g/mol. The van der Waals surface area contributed by atoms with E-state index in [0.717, 1.165) is 19.1 Å². The van der Waals surface area contributed by atoms with Crippen LogP contribution in [-0.2, 0) is 9.53 Å². The van der Waals surface area contributed by atoms with Gasteiger partial charge < -0.3 is 25.6 Å². The fourth-order valence-electron chi connectivity index (χ4n) is 4.20. The molecule has 1 aliphatic heterocycles. The molecule has 0 aliphatic carbocycles. The average molecular weight is 502 g/mol. The smallest absolute Gasteiger partial charge is 0.417 e. The number of ether oxygens (including phenoxy) is 2. The van der Waals surface area contributed by atoms with Gasteiger partial charge in [0.2, 0.25) is 5.82 Å². The van der Waals surface area contributed by atoms with Gasteiger partial charge in [0.25, 0.3) is 5.91 Å². The van der Waals surface area contributed by atoms with Crippen molar-refractivity contribution in [3.63, 3.8) is 0 Å². The standard InChI is InChI=1S/C24H27F5N2O4/c1-11(2)34-19-15(8-9-16(25)18(19)26)17-12(3)23(4,24(27,28)29)35-20(17)22(33)31-14-7-5-6-13(10-14)21(30)32/h5-12,17,20-21,32H,30H2,1-4H3,(H,31,33)/t12-,17-,20+,21?,23+/m0/s1. The molecule has 35 heavy (non-hydrogen) atoms. The second-order valence-electron chi connectivity index (χ2n) is 8.96. The molecule has 1 heterocycles. The van der Waals surface area contributed by atoms with E-state index in [9.17, 15) is 31.9 Å². The molecule has 11 heteroatoms. The maximum Gasteiger partial charge on any atom is 0.417 e. The van der Waals surface area contributed by atoms with E-state index in [1.165, 1.54) is 31.2 Å². The third-order valence-corrected chi connectivity index (χ3v) is 6.22. The molecule has 5 atom stereocenters. The van der Waals surface area contributed by atoms with Gasteiger partial charge in [0.1, 0.15) is 12.3 Å². The molecule has 1 aliphatic rings. The first-order valence-corrected chi connectivity index (χ1v) is 10.9. The van der Waals surface area contributed by atoms with Gasteiger partial charge in [0.05, 0.1) is 6.10 Å². The van der Waals surface area contributed by atoms with Gasteiger partial charge in [-0.25, -0.2) is 4.39 Å². The molecule has 6 nitrogen and oxygen atoms in total. The summed E-state index contributed by atoms with van der Waals surface area (Å²) in [5.41, 5.74) is 2.95. The minimum absolute atomic E-state index is 0.121. The minimum atomic E-state index is -4.87. The Balaban J connectivity index is 2.10. The molecule has 0 saturated carbocycles. The molecule has 4 N–H and O–H groups in total. The third kappa shape index (κ3) is 5.12. The van der Waals surface area contributed by atoms with Crippen molar-refractivity contribution in [2.45, 2.75) is 63.8 Å². The van der Waals surface area contributed by atoms with E-state index < -0.39 is 65.3 Å². The molecule has 0 radical (unpaired) electrons. The first kappa shape index (κ1) is 26.8. The number of anilines is 1. The quantitative estimate of drug-likeness (QED) is 0.391. The number of aliphatic hydroxyl groups is 1. The Morgan fingerprint density at radius 2 is 1.89 bits per heavy atom.